The van der Waals surface area contributed by atoms with Gasteiger partial charge in [-0.3, -0.25) is 0 Å². The molecular weight excluding hydrogens is 248 g/mol. The second-order valence-corrected chi connectivity index (χ2v) is 5.48. The molecule has 100 valence electrons. The highest BCUT2D eigenvalue weighted by atomic mass is 35.5. The fourth-order valence-corrected chi connectivity index (χ4v) is 2.76. The number of nitrogens with two attached hydrogens (primary N) is 1. The Labute approximate surface area is 113 Å². The topological polar surface area (TPSA) is 63.8 Å². The van der Waals surface area contributed by atoms with E-state index in [1.807, 2.05) is 0 Å². The first kappa shape index (κ1) is 13.4. The Balaban J connectivity index is 1.83. The number of nitrogens with zero attached hydrogens (tertiary/aromatic N) is 2. The molecule has 0 amide bonds. The maximum absolute atomic E-state index is 6.04. The maximum atomic E-state index is 6.04. The summed E-state index contributed by atoms with van der Waals surface area (Å²) >= 11 is 6.04. The van der Waals surface area contributed by atoms with Crippen LogP contribution < -0.4 is 11.1 Å². The number of aromatic nitrogens is 2. The van der Waals surface area contributed by atoms with E-state index in [1.165, 1.54) is 38.4 Å². The number of nitrogen functional groups attached to an aromatic ring is 1. The van der Waals surface area contributed by atoms with Crippen molar-refractivity contribution in [1.29, 1.82) is 0 Å². The predicted octanol–water partition coefficient (Wildman–Crippen LogP) is 3.34. The Morgan fingerprint density at radius 1 is 1.28 bits per heavy atom. The van der Waals surface area contributed by atoms with Gasteiger partial charge in [-0.05, 0) is 24.7 Å². The first-order chi connectivity index (χ1) is 8.70. The summed E-state index contributed by atoms with van der Waals surface area (Å²) in [6.07, 6.45) is 8.05. The Morgan fingerprint density at radius 2 is 1.94 bits per heavy atom. The molecule has 1 aromatic rings. The lowest BCUT2D eigenvalue weighted by Crippen LogP contribution is -2.21. The van der Waals surface area contributed by atoms with Crippen LogP contribution in [-0.2, 0) is 0 Å². The Hall–Kier alpha value is -1.03. The van der Waals surface area contributed by atoms with E-state index in [0.717, 1.165) is 18.4 Å². The Kier molecular flexibility index (Phi) is 4.64. The second kappa shape index (κ2) is 6.23. The molecular formula is C13H21ClN4. The van der Waals surface area contributed by atoms with Crippen LogP contribution in [0, 0.1) is 11.8 Å². The number of hydrogen-bond acceptors (Lipinski definition) is 4. The summed E-state index contributed by atoms with van der Waals surface area (Å²) in [4.78, 5) is 7.97. The van der Waals surface area contributed by atoms with Crippen LogP contribution in [0.3, 0.4) is 0 Å². The minimum Gasteiger partial charge on any atom is -0.382 e. The zero-order valence-electron chi connectivity index (χ0n) is 10.8. The lowest BCUT2D eigenvalue weighted by Gasteiger charge is -2.28. The minimum absolute atomic E-state index is 0.337. The predicted molar refractivity (Wildman–Crippen MR) is 75.7 cm³/mol. The van der Waals surface area contributed by atoms with Gasteiger partial charge < -0.3 is 11.1 Å². The van der Waals surface area contributed by atoms with E-state index in [2.05, 4.69) is 22.2 Å². The molecule has 1 fully saturated rings. The molecule has 1 saturated carbocycles. The molecule has 0 bridgehead atoms. The summed E-state index contributed by atoms with van der Waals surface area (Å²) in [6, 6.07) is 0. The summed E-state index contributed by atoms with van der Waals surface area (Å²) in [5, 5.41) is 3.72. The highest BCUT2D eigenvalue weighted by molar-refractivity contribution is 6.35. The van der Waals surface area contributed by atoms with Crippen molar-refractivity contribution in [1.82, 2.24) is 9.97 Å². The van der Waals surface area contributed by atoms with Gasteiger partial charge in [0.25, 0.3) is 0 Å². The molecule has 1 aliphatic rings. The van der Waals surface area contributed by atoms with Crippen molar-refractivity contribution in [3.63, 3.8) is 0 Å². The third kappa shape index (κ3) is 3.25. The average molecular weight is 269 g/mol. The van der Waals surface area contributed by atoms with Crippen molar-refractivity contribution in [2.24, 2.45) is 11.8 Å². The largest absolute Gasteiger partial charge is 0.382 e. The van der Waals surface area contributed by atoms with Crippen molar-refractivity contribution >= 4 is 23.2 Å². The van der Waals surface area contributed by atoms with Crippen LogP contribution in [0.15, 0.2) is 6.33 Å². The first-order valence-electron chi connectivity index (χ1n) is 6.70. The van der Waals surface area contributed by atoms with E-state index in [4.69, 9.17) is 17.3 Å². The van der Waals surface area contributed by atoms with E-state index in [1.54, 1.807) is 0 Å². The molecule has 0 spiro atoms. The molecule has 1 heterocycles. The SMILES string of the molecule is CCC1CCC(CNc2ncnc(N)c2Cl)CC1. The number of rotatable bonds is 4. The molecule has 3 N–H and O–H groups in total. The molecule has 1 aromatic heterocycles. The van der Waals surface area contributed by atoms with Crippen molar-refractivity contribution in [2.75, 3.05) is 17.6 Å². The smallest absolute Gasteiger partial charge is 0.150 e. The van der Waals surface area contributed by atoms with E-state index < -0.39 is 0 Å². The van der Waals surface area contributed by atoms with Gasteiger partial charge in [-0.15, -0.1) is 0 Å². The number of anilines is 2. The van der Waals surface area contributed by atoms with Crippen LogP contribution in [0.1, 0.15) is 39.0 Å². The summed E-state index contributed by atoms with van der Waals surface area (Å²) < 4.78 is 0. The van der Waals surface area contributed by atoms with Gasteiger partial charge in [0.15, 0.2) is 0 Å². The molecule has 0 unspecified atom stereocenters. The van der Waals surface area contributed by atoms with Gasteiger partial charge in [-0.2, -0.15) is 0 Å². The zero-order valence-corrected chi connectivity index (χ0v) is 11.6. The van der Waals surface area contributed by atoms with Crippen LogP contribution >= 0.6 is 11.6 Å². The maximum Gasteiger partial charge on any atom is 0.150 e. The fraction of sp³-hybridized carbons (Fsp3) is 0.692. The summed E-state index contributed by atoms with van der Waals surface area (Å²) in [5.41, 5.74) is 5.64. The van der Waals surface area contributed by atoms with Crippen LogP contribution in [0.4, 0.5) is 11.6 Å². The van der Waals surface area contributed by atoms with E-state index in [0.29, 0.717) is 16.7 Å². The van der Waals surface area contributed by atoms with Gasteiger partial charge in [0.05, 0.1) is 0 Å². The summed E-state index contributed by atoms with van der Waals surface area (Å²) in [5.74, 6) is 2.64. The van der Waals surface area contributed by atoms with Crippen molar-refractivity contribution in [3.05, 3.63) is 11.3 Å². The lowest BCUT2D eigenvalue weighted by atomic mass is 9.81. The van der Waals surface area contributed by atoms with Gasteiger partial charge >= 0.3 is 0 Å². The average Bonchev–Trinajstić information content (AvgIpc) is 2.41. The highest BCUT2D eigenvalue weighted by Gasteiger charge is 2.20. The standard InChI is InChI=1S/C13H21ClN4/c1-2-9-3-5-10(6-4-9)7-16-13-11(14)12(15)17-8-18-13/h8-10H,2-7H2,1H3,(H3,15,16,17,18). The minimum atomic E-state index is 0.337. The molecule has 18 heavy (non-hydrogen) atoms. The molecule has 0 atom stereocenters. The van der Waals surface area contributed by atoms with Crippen LogP contribution in [0.25, 0.3) is 0 Å². The molecule has 4 nitrogen and oxygen atoms in total. The van der Waals surface area contributed by atoms with Crippen LogP contribution in [0.5, 0.6) is 0 Å². The van der Waals surface area contributed by atoms with Gasteiger partial charge in [-0.25, -0.2) is 9.97 Å². The van der Waals surface area contributed by atoms with Gasteiger partial charge in [0, 0.05) is 6.54 Å². The number of hydrogen-bond donors (Lipinski definition) is 2. The second-order valence-electron chi connectivity index (χ2n) is 5.10. The lowest BCUT2D eigenvalue weighted by molar-refractivity contribution is 0.278. The molecule has 2 rings (SSSR count). The monoisotopic (exact) mass is 268 g/mol. The Morgan fingerprint density at radius 3 is 2.61 bits per heavy atom. The zero-order chi connectivity index (χ0) is 13.0. The van der Waals surface area contributed by atoms with Gasteiger partial charge in [0.2, 0.25) is 0 Å². The van der Waals surface area contributed by atoms with E-state index >= 15 is 0 Å². The molecule has 0 radical (unpaired) electrons. The third-order valence-corrected chi connectivity index (χ3v) is 4.29. The molecule has 1 aliphatic carbocycles. The van der Waals surface area contributed by atoms with E-state index in [-0.39, 0.29) is 0 Å². The number of halogens is 1. The molecule has 0 aliphatic heterocycles. The summed E-state index contributed by atoms with van der Waals surface area (Å²) in [6.45, 7) is 3.21. The van der Waals surface area contributed by atoms with Crippen LogP contribution in [-0.4, -0.2) is 16.5 Å². The molecule has 5 heteroatoms. The van der Waals surface area contributed by atoms with E-state index in [9.17, 15) is 0 Å². The summed E-state index contributed by atoms with van der Waals surface area (Å²) in [7, 11) is 0. The Bertz CT molecular complexity index is 389. The van der Waals surface area contributed by atoms with Crippen molar-refractivity contribution in [2.45, 2.75) is 39.0 Å². The quantitative estimate of drug-likeness (QED) is 0.879. The van der Waals surface area contributed by atoms with Crippen LogP contribution in [0.2, 0.25) is 5.02 Å². The highest BCUT2D eigenvalue weighted by Crippen LogP contribution is 2.31. The number of nitrogens with one attached hydrogen (secondary N) is 1. The third-order valence-electron chi connectivity index (χ3n) is 3.92. The fourth-order valence-electron chi connectivity index (χ4n) is 2.59. The normalized spacial score (nSPS) is 23.9. The molecule has 0 saturated heterocycles. The molecule has 0 aromatic carbocycles. The van der Waals surface area contributed by atoms with Gasteiger partial charge in [0.1, 0.15) is 23.0 Å². The van der Waals surface area contributed by atoms with Gasteiger partial charge in [-0.1, -0.05) is 37.8 Å². The van der Waals surface area contributed by atoms with Crippen molar-refractivity contribution in [3.8, 4) is 0 Å². The van der Waals surface area contributed by atoms with Crippen molar-refractivity contribution < 1.29 is 0 Å². The first-order valence-corrected chi connectivity index (χ1v) is 7.08.